The highest BCUT2D eigenvalue weighted by atomic mass is 16.1. The third kappa shape index (κ3) is 5.34. The van der Waals surface area contributed by atoms with Crippen LogP contribution in [0.3, 0.4) is 0 Å². The molecule has 0 aromatic rings. The van der Waals surface area contributed by atoms with Crippen LogP contribution in [0.1, 0.15) is 73.1 Å². The summed E-state index contributed by atoms with van der Waals surface area (Å²) in [6, 6.07) is 0. The van der Waals surface area contributed by atoms with Gasteiger partial charge in [-0.3, -0.25) is 4.79 Å². The summed E-state index contributed by atoms with van der Waals surface area (Å²) < 4.78 is 0. The van der Waals surface area contributed by atoms with Crippen molar-refractivity contribution >= 4 is 5.78 Å². The van der Waals surface area contributed by atoms with Crippen molar-refractivity contribution in [3.05, 3.63) is 23.3 Å². The van der Waals surface area contributed by atoms with Gasteiger partial charge in [0.05, 0.1) is 0 Å². The molecule has 0 N–H and O–H groups in total. The van der Waals surface area contributed by atoms with E-state index in [2.05, 4.69) is 40.7 Å². The number of allylic oxidation sites excluding steroid dienone is 4. The molecule has 19 heavy (non-hydrogen) atoms. The molecule has 0 unspecified atom stereocenters. The number of rotatable bonds is 6. The van der Waals surface area contributed by atoms with Gasteiger partial charge in [-0.15, -0.1) is 0 Å². The molecule has 0 radical (unpaired) electrons. The molecule has 1 aliphatic rings. The highest BCUT2D eigenvalue weighted by Gasteiger charge is 2.26. The maximum absolute atomic E-state index is 11.9. The fraction of sp³-hybridized carbons (Fsp3) is 0.722. The Balaban J connectivity index is 2.57. The first-order valence-electron chi connectivity index (χ1n) is 7.74. The van der Waals surface area contributed by atoms with E-state index in [9.17, 15) is 4.79 Å². The van der Waals surface area contributed by atoms with Gasteiger partial charge in [-0.2, -0.15) is 0 Å². The highest BCUT2D eigenvalue weighted by molar-refractivity contribution is 5.90. The largest absolute Gasteiger partial charge is 0.295 e. The van der Waals surface area contributed by atoms with E-state index in [1.165, 1.54) is 30.4 Å². The van der Waals surface area contributed by atoms with Crippen LogP contribution >= 0.6 is 0 Å². The molecule has 1 nitrogen and oxygen atoms in total. The monoisotopic (exact) mass is 262 g/mol. The zero-order valence-corrected chi connectivity index (χ0v) is 13.4. The quantitative estimate of drug-likeness (QED) is 0.580. The van der Waals surface area contributed by atoms with E-state index < -0.39 is 0 Å². The zero-order chi connectivity index (χ0) is 14.5. The Bertz CT molecular complexity index is 369. The first-order valence-corrected chi connectivity index (χ1v) is 7.74. The van der Waals surface area contributed by atoms with Crippen molar-refractivity contribution in [2.24, 2.45) is 11.3 Å². The molecule has 0 saturated heterocycles. The lowest BCUT2D eigenvalue weighted by Crippen LogP contribution is -2.19. The van der Waals surface area contributed by atoms with Gasteiger partial charge in [-0.25, -0.2) is 0 Å². The summed E-state index contributed by atoms with van der Waals surface area (Å²) in [5.74, 6) is 0.973. The molecule has 0 saturated carbocycles. The van der Waals surface area contributed by atoms with E-state index in [1.54, 1.807) is 0 Å². The molecule has 0 aliphatic heterocycles. The second-order valence-electron chi connectivity index (χ2n) is 7.02. The zero-order valence-electron chi connectivity index (χ0n) is 13.4. The first-order chi connectivity index (χ1) is 8.83. The average Bonchev–Trinajstić information content (AvgIpc) is 2.26. The summed E-state index contributed by atoms with van der Waals surface area (Å²) in [6.07, 6.45) is 10.4. The molecular weight excluding hydrogens is 232 g/mol. The Kier molecular flexibility index (Phi) is 6.03. The Labute approximate surface area is 119 Å². The summed E-state index contributed by atoms with van der Waals surface area (Å²) in [5, 5.41) is 0. The van der Waals surface area contributed by atoms with Gasteiger partial charge in [0, 0.05) is 6.42 Å². The molecule has 108 valence electrons. The van der Waals surface area contributed by atoms with Gasteiger partial charge in [0.25, 0.3) is 0 Å². The van der Waals surface area contributed by atoms with Crippen LogP contribution in [0.4, 0.5) is 0 Å². The Morgan fingerprint density at radius 2 is 2.05 bits per heavy atom. The maximum Gasteiger partial charge on any atom is 0.155 e. The Morgan fingerprint density at radius 1 is 1.37 bits per heavy atom. The summed E-state index contributed by atoms with van der Waals surface area (Å²) in [6.45, 7) is 11.2. The fourth-order valence-corrected chi connectivity index (χ4v) is 2.95. The number of hydrogen-bond donors (Lipinski definition) is 0. The summed E-state index contributed by atoms with van der Waals surface area (Å²) >= 11 is 0. The Hall–Kier alpha value is -0.850. The Morgan fingerprint density at radius 3 is 2.63 bits per heavy atom. The van der Waals surface area contributed by atoms with E-state index >= 15 is 0 Å². The molecule has 0 fully saturated rings. The second kappa shape index (κ2) is 7.07. The van der Waals surface area contributed by atoms with Gasteiger partial charge in [0.15, 0.2) is 5.78 Å². The predicted molar refractivity (Wildman–Crippen MR) is 83.2 cm³/mol. The van der Waals surface area contributed by atoms with Gasteiger partial charge in [0.1, 0.15) is 0 Å². The second-order valence-corrected chi connectivity index (χ2v) is 7.02. The third-order valence-corrected chi connectivity index (χ3v) is 4.18. The van der Waals surface area contributed by atoms with Crippen molar-refractivity contribution in [3.8, 4) is 0 Å². The van der Waals surface area contributed by atoms with Crippen molar-refractivity contribution in [1.82, 2.24) is 0 Å². The number of carbonyl (C=O) groups excluding carboxylic acids is 1. The lowest BCUT2D eigenvalue weighted by Gasteiger charge is -2.32. The third-order valence-electron chi connectivity index (χ3n) is 4.18. The molecule has 0 spiro atoms. The molecule has 0 atom stereocenters. The van der Waals surface area contributed by atoms with Crippen molar-refractivity contribution < 1.29 is 4.79 Å². The molecule has 1 aliphatic carbocycles. The van der Waals surface area contributed by atoms with Crippen molar-refractivity contribution in [2.75, 3.05) is 0 Å². The van der Waals surface area contributed by atoms with Crippen molar-refractivity contribution in [2.45, 2.75) is 73.1 Å². The van der Waals surface area contributed by atoms with Crippen LogP contribution in [-0.2, 0) is 4.79 Å². The van der Waals surface area contributed by atoms with Gasteiger partial charge in [-0.05, 0) is 55.6 Å². The number of ketones is 1. The standard InChI is InChI=1S/C18H30O/c1-14(2)8-6-10-16(19)11-12-17-15(3)9-7-13-18(17,4)5/h11-12,14H,6-10,13H2,1-5H3/b12-11+. The summed E-state index contributed by atoms with van der Waals surface area (Å²) in [5.41, 5.74) is 3.08. The lowest BCUT2D eigenvalue weighted by molar-refractivity contribution is -0.114. The van der Waals surface area contributed by atoms with Crippen LogP contribution in [0.15, 0.2) is 23.3 Å². The van der Waals surface area contributed by atoms with E-state index in [4.69, 9.17) is 0 Å². The highest BCUT2D eigenvalue weighted by Crippen LogP contribution is 2.40. The molecule has 1 rings (SSSR count). The average molecular weight is 262 g/mol. The summed E-state index contributed by atoms with van der Waals surface area (Å²) in [7, 11) is 0. The predicted octanol–water partition coefficient (Wildman–Crippen LogP) is 5.46. The molecular formula is C18H30O. The fourth-order valence-electron chi connectivity index (χ4n) is 2.95. The van der Waals surface area contributed by atoms with E-state index in [0.717, 1.165) is 12.8 Å². The van der Waals surface area contributed by atoms with Gasteiger partial charge in [0.2, 0.25) is 0 Å². The van der Waals surface area contributed by atoms with Crippen molar-refractivity contribution in [3.63, 3.8) is 0 Å². The topological polar surface area (TPSA) is 17.1 Å². The minimum absolute atomic E-state index is 0.233. The van der Waals surface area contributed by atoms with Crippen LogP contribution in [0.5, 0.6) is 0 Å². The van der Waals surface area contributed by atoms with Gasteiger partial charge in [-0.1, -0.05) is 45.8 Å². The minimum atomic E-state index is 0.233. The van der Waals surface area contributed by atoms with Crippen molar-refractivity contribution in [1.29, 1.82) is 0 Å². The van der Waals surface area contributed by atoms with Crippen LogP contribution in [-0.4, -0.2) is 5.78 Å². The number of carbonyl (C=O) groups is 1. The smallest absolute Gasteiger partial charge is 0.155 e. The van der Waals surface area contributed by atoms with Crippen LogP contribution < -0.4 is 0 Å². The van der Waals surface area contributed by atoms with E-state index in [1.807, 2.05) is 6.08 Å². The van der Waals surface area contributed by atoms with Crippen LogP contribution in [0.25, 0.3) is 0 Å². The van der Waals surface area contributed by atoms with Gasteiger partial charge < -0.3 is 0 Å². The van der Waals surface area contributed by atoms with E-state index in [-0.39, 0.29) is 11.2 Å². The minimum Gasteiger partial charge on any atom is -0.295 e. The van der Waals surface area contributed by atoms with Gasteiger partial charge >= 0.3 is 0 Å². The lowest BCUT2D eigenvalue weighted by atomic mass is 9.72. The number of hydrogen-bond acceptors (Lipinski definition) is 1. The van der Waals surface area contributed by atoms with E-state index in [0.29, 0.717) is 12.3 Å². The first kappa shape index (κ1) is 16.2. The van der Waals surface area contributed by atoms with Crippen LogP contribution in [0.2, 0.25) is 0 Å². The molecule has 0 heterocycles. The molecule has 1 heteroatoms. The van der Waals surface area contributed by atoms with Crippen LogP contribution in [0, 0.1) is 11.3 Å². The molecule has 0 bridgehead atoms. The molecule has 0 amide bonds. The SMILES string of the molecule is CC1=C(/C=C/C(=O)CCCC(C)C)C(C)(C)CCC1. The normalized spacial score (nSPS) is 19.5. The molecule has 0 aromatic heterocycles. The maximum atomic E-state index is 11.9. The summed E-state index contributed by atoms with van der Waals surface area (Å²) in [4.78, 5) is 11.9. The molecule has 0 aromatic carbocycles.